The lowest BCUT2D eigenvalue weighted by Crippen LogP contribution is -2.10. The standard InChI is InChI=1S/C21H15N3O3S/c1-13-6-8-16-19(10-13)28-21(23-16)24-20(25)18-9-7-15(27-18)12-26-17-5-3-2-4-14(17)11-22/h2-10H,12H2,1H3,(H,23,24,25). The number of furan rings is 1. The van der Waals surface area contributed by atoms with Crippen LogP contribution in [0.1, 0.15) is 27.4 Å². The average Bonchev–Trinajstić information content (AvgIpc) is 3.32. The minimum atomic E-state index is -0.376. The summed E-state index contributed by atoms with van der Waals surface area (Å²) in [5.41, 5.74) is 2.43. The predicted octanol–water partition coefficient (Wildman–Crippen LogP) is 4.90. The van der Waals surface area contributed by atoms with Gasteiger partial charge in [-0.25, -0.2) is 4.98 Å². The van der Waals surface area contributed by atoms with Crippen LogP contribution < -0.4 is 10.1 Å². The van der Waals surface area contributed by atoms with Crippen LogP contribution in [0.5, 0.6) is 5.75 Å². The first-order valence-electron chi connectivity index (χ1n) is 8.51. The van der Waals surface area contributed by atoms with Gasteiger partial charge in [0.25, 0.3) is 5.91 Å². The molecule has 0 saturated carbocycles. The first kappa shape index (κ1) is 17.8. The SMILES string of the molecule is Cc1ccc2nc(NC(=O)c3ccc(COc4ccccc4C#N)o3)sc2c1. The minimum Gasteiger partial charge on any atom is -0.484 e. The van der Waals surface area contributed by atoms with Gasteiger partial charge in [0.1, 0.15) is 24.2 Å². The molecule has 0 saturated heterocycles. The summed E-state index contributed by atoms with van der Waals surface area (Å²) in [6.45, 7) is 2.13. The van der Waals surface area contributed by atoms with Gasteiger partial charge in [-0.05, 0) is 48.9 Å². The molecular weight excluding hydrogens is 374 g/mol. The molecule has 2 aromatic heterocycles. The van der Waals surface area contributed by atoms with Gasteiger partial charge in [-0.2, -0.15) is 5.26 Å². The Bertz CT molecular complexity index is 1200. The minimum absolute atomic E-state index is 0.117. The van der Waals surface area contributed by atoms with Gasteiger partial charge in [-0.3, -0.25) is 10.1 Å². The van der Waals surface area contributed by atoms with Gasteiger partial charge in [0, 0.05) is 0 Å². The molecule has 138 valence electrons. The quantitative estimate of drug-likeness (QED) is 0.524. The van der Waals surface area contributed by atoms with E-state index in [2.05, 4.69) is 16.4 Å². The summed E-state index contributed by atoms with van der Waals surface area (Å²) in [4.78, 5) is 16.8. The summed E-state index contributed by atoms with van der Waals surface area (Å²) >= 11 is 1.41. The highest BCUT2D eigenvalue weighted by atomic mass is 32.1. The topological polar surface area (TPSA) is 88.1 Å². The molecule has 0 spiro atoms. The molecule has 4 aromatic rings. The van der Waals surface area contributed by atoms with Crippen molar-refractivity contribution in [3.63, 3.8) is 0 Å². The second-order valence-electron chi connectivity index (χ2n) is 6.11. The number of nitrogens with zero attached hydrogens (tertiary/aromatic N) is 2. The zero-order chi connectivity index (χ0) is 19.5. The highest BCUT2D eigenvalue weighted by Crippen LogP contribution is 2.27. The summed E-state index contributed by atoms with van der Waals surface area (Å²) in [6, 6.07) is 18.2. The van der Waals surface area contributed by atoms with Crippen molar-refractivity contribution < 1.29 is 13.9 Å². The van der Waals surface area contributed by atoms with E-state index in [1.165, 1.54) is 11.3 Å². The van der Waals surface area contributed by atoms with Crippen LogP contribution in [-0.2, 0) is 6.61 Å². The number of nitriles is 1. The van der Waals surface area contributed by atoms with Gasteiger partial charge in [-0.1, -0.05) is 29.5 Å². The number of anilines is 1. The number of carbonyl (C=O) groups excluding carboxylic acids is 1. The van der Waals surface area contributed by atoms with Crippen LogP contribution in [0.25, 0.3) is 10.2 Å². The number of nitrogens with one attached hydrogen (secondary N) is 1. The molecule has 0 atom stereocenters. The first-order chi connectivity index (χ1) is 13.6. The van der Waals surface area contributed by atoms with E-state index < -0.39 is 0 Å². The molecule has 28 heavy (non-hydrogen) atoms. The maximum Gasteiger partial charge on any atom is 0.293 e. The van der Waals surface area contributed by atoms with E-state index in [1.54, 1.807) is 36.4 Å². The van der Waals surface area contributed by atoms with E-state index in [0.29, 0.717) is 22.2 Å². The summed E-state index contributed by atoms with van der Waals surface area (Å²) in [5, 5.41) is 12.4. The van der Waals surface area contributed by atoms with Gasteiger partial charge in [0.05, 0.1) is 15.8 Å². The van der Waals surface area contributed by atoms with Crippen LogP contribution in [-0.4, -0.2) is 10.9 Å². The number of para-hydroxylation sites is 1. The van der Waals surface area contributed by atoms with Crippen molar-refractivity contribution in [3.8, 4) is 11.8 Å². The largest absolute Gasteiger partial charge is 0.484 e. The van der Waals surface area contributed by atoms with Crippen LogP contribution in [0.3, 0.4) is 0 Å². The molecule has 0 fully saturated rings. The molecule has 0 aliphatic carbocycles. The van der Waals surface area contributed by atoms with Crippen LogP contribution in [0.2, 0.25) is 0 Å². The zero-order valence-corrected chi connectivity index (χ0v) is 15.7. The van der Waals surface area contributed by atoms with E-state index in [4.69, 9.17) is 14.4 Å². The number of hydrogen-bond acceptors (Lipinski definition) is 6. The number of fused-ring (bicyclic) bond motifs is 1. The van der Waals surface area contributed by atoms with Gasteiger partial charge < -0.3 is 9.15 Å². The normalized spacial score (nSPS) is 10.6. The van der Waals surface area contributed by atoms with Crippen molar-refractivity contribution in [2.75, 3.05) is 5.32 Å². The van der Waals surface area contributed by atoms with Gasteiger partial charge >= 0.3 is 0 Å². The molecule has 2 heterocycles. The van der Waals surface area contributed by atoms with Crippen LogP contribution in [0.15, 0.2) is 59.0 Å². The fourth-order valence-electron chi connectivity index (χ4n) is 2.66. The molecule has 0 radical (unpaired) electrons. The monoisotopic (exact) mass is 389 g/mol. The highest BCUT2D eigenvalue weighted by molar-refractivity contribution is 7.22. The molecule has 0 unspecified atom stereocenters. The van der Waals surface area contributed by atoms with E-state index in [0.717, 1.165) is 15.8 Å². The van der Waals surface area contributed by atoms with Crippen LogP contribution >= 0.6 is 11.3 Å². The summed E-state index contributed by atoms with van der Waals surface area (Å²) in [5.74, 6) is 0.747. The highest BCUT2D eigenvalue weighted by Gasteiger charge is 2.14. The first-order valence-corrected chi connectivity index (χ1v) is 9.33. The molecular formula is C21H15N3O3S. The van der Waals surface area contributed by atoms with Gasteiger partial charge in [-0.15, -0.1) is 0 Å². The fourth-order valence-corrected chi connectivity index (χ4v) is 3.61. The molecule has 4 rings (SSSR count). The molecule has 7 heteroatoms. The Balaban J connectivity index is 1.43. The predicted molar refractivity (Wildman–Crippen MR) is 107 cm³/mol. The van der Waals surface area contributed by atoms with E-state index in [-0.39, 0.29) is 18.3 Å². The molecule has 1 amide bonds. The van der Waals surface area contributed by atoms with Crippen molar-refractivity contribution in [2.24, 2.45) is 0 Å². The second-order valence-corrected chi connectivity index (χ2v) is 7.14. The molecule has 0 bridgehead atoms. The summed E-state index contributed by atoms with van der Waals surface area (Å²) in [7, 11) is 0. The van der Waals surface area contributed by atoms with Crippen molar-refractivity contribution in [1.29, 1.82) is 5.26 Å². The van der Waals surface area contributed by atoms with E-state index >= 15 is 0 Å². The van der Waals surface area contributed by atoms with E-state index in [9.17, 15) is 4.79 Å². The number of benzene rings is 2. The number of ether oxygens (including phenoxy) is 1. The molecule has 2 aromatic carbocycles. The maximum atomic E-state index is 12.4. The van der Waals surface area contributed by atoms with Gasteiger partial charge in [0.2, 0.25) is 0 Å². The summed E-state index contributed by atoms with van der Waals surface area (Å²) < 4.78 is 12.2. The molecule has 0 aliphatic heterocycles. The Morgan fingerprint density at radius 3 is 2.96 bits per heavy atom. The third-order valence-corrected chi connectivity index (χ3v) is 4.96. The van der Waals surface area contributed by atoms with Crippen molar-refractivity contribution in [2.45, 2.75) is 13.5 Å². The third-order valence-electron chi connectivity index (χ3n) is 4.03. The molecule has 0 aliphatic rings. The van der Waals surface area contributed by atoms with Crippen molar-refractivity contribution >= 4 is 32.6 Å². The number of amides is 1. The Labute approximate surface area is 165 Å². The Kier molecular flexibility index (Phi) is 4.79. The fraction of sp³-hybridized carbons (Fsp3) is 0.0952. The molecule has 1 N–H and O–H groups in total. The number of hydrogen-bond donors (Lipinski definition) is 1. The number of thiazole rings is 1. The zero-order valence-electron chi connectivity index (χ0n) is 14.9. The van der Waals surface area contributed by atoms with Crippen LogP contribution in [0.4, 0.5) is 5.13 Å². The Morgan fingerprint density at radius 1 is 1.25 bits per heavy atom. The van der Waals surface area contributed by atoms with Crippen LogP contribution in [0, 0.1) is 18.3 Å². The smallest absolute Gasteiger partial charge is 0.293 e. The lowest BCUT2D eigenvalue weighted by Gasteiger charge is -2.05. The Morgan fingerprint density at radius 2 is 2.11 bits per heavy atom. The second kappa shape index (κ2) is 7.55. The molecule has 6 nitrogen and oxygen atoms in total. The third kappa shape index (κ3) is 3.72. The Hall–Kier alpha value is -3.63. The lowest BCUT2D eigenvalue weighted by molar-refractivity contribution is 0.0992. The number of rotatable bonds is 5. The number of aryl methyl sites for hydroxylation is 1. The number of carbonyl (C=O) groups is 1. The number of aromatic nitrogens is 1. The average molecular weight is 389 g/mol. The lowest BCUT2D eigenvalue weighted by atomic mass is 10.2. The van der Waals surface area contributed by atoms with E-state index in [1.807, 2.05) is 25.1 Å². The van der Waals surface area contributed by atoms with Crippen molar-refractivity contribution in [3.05, 3.63) is 77.2 Å². The maximum absolute atomic E-state index is 12.4. The summed E-state index contributed by atoms with van der Waals surface area (Å²) in [6.07, 6.45) is 0. The van der Waals surface area contributed by atoms with Crippen molar-refractivity contribution in [1.82, 2.24) is 4.98 Å². The van der Waals surface area contributed by atoms with Gasteiger partial charge in [0.15, 0.2) is 10.9 Å².